The van der Waals surface area contributed by atoms with Crippen LogP contribution in [0.25, 0.3) is 10.9 Å². The summed E-state index contributed by atoms with van der Waals surface area (Å²) >= 11 is 0. The first-order chi connectivity index (χ1) is 19.2. The number of aromatic nitrogens is 3. The normalized spacial score (nSPS) is 14.0. The molecule has 0 spiro atoms. The maximum absolute atomic E-state index is 13.9. The minimum Gasteiger partial charge on any atom is -0.382 e. The Balaban J connectivity index is 1.38. The van der Waals surface area contributed by atoms with Crippen molar-refractivity contribution in [3.63, 3.8) is 0 Å². The van der Waals surface area contributed by atoms with Gasteiger partial charge in [0.2, 0.25) is 0 Å². The number of alkyl halides is 3. The summed E-state index contributed by atoms with van der Waals surface area (Å²) in [5.41, 5.74) is 7.65. The van der Waals surface area contributed by atoms with Gasteiger partial charge in [0.25, 0.3) is 5.91 Å². The quantitative estimate of drug-likeness (QED) is 0.365. The van der Waals surface area contributed by atoms with Crippen molar-refractivity contribution in [2.75, 3.05) is 37.4 Å². The van der Waals surface area contributed by atoms with Gasteiger partial charge in [-0.25, -0.2) is 4.98 Å². The molecule has 4 aromatic rings. The fourth-order valence-electron chi connectivity index (χ4n) is 4.37. The van der Waals surface area contributed by atoms with Crippen molar-refractivity contribution < 1.29 is 22.7 Å². The summed E-state index contributed by atoms with van der Waals surface area (Å²) in [4.78, 5) is 27.6. The number of halogens is 3. The topological polar surface area (TPSA) is 106 Å². The highest BCUT2D eigenvalue weighted by atomic mass is 19.4. The molecular weight excluding hydrogens is 521 g/mol. The Morgan fingerprint density at radius 2 is 1.85 bits per heavy atom. The minimum absolute atomic E-state index is 0.0307. The molecule has 0 saturated carbocycles. The van der Waals surface area contributed by atoms with Crippen LogP contribution in [0, 0.1) is 18.8 Å². The number of carbonyl (C=O) groups is 1. The predicted octanol–water partition coefficient (Wildman–Crippen LogP) is 4.42. The smallest absolute Gasteiger partial charge is 0.382 e. The third-order valence-corrected chi connectivity index (χ3v) is 6.52. The van der Waals surface area contributed by atoms with E-state index in [-0.39, 0.29) is 23.4 Å². The average Bonchev–Trinajstić information content (AvgIpc) is 2.94. The number of nitrogen functional groups attached to an aromatic ring is 1. The summed E-state index contributed by atoms with van der Waals surface area (Å²) in [5.74, 6) is 5.74. The largest absolute Gasteiger partial charge is 0.416 e. The maximum Gasteiger partial charge on any atom is 0.416 e. The molecule has 0 bridgehead atoms. The molecular formula is C29H25F3N6O2. The van der Waals surface area contributed by atoms with Crippen molar-refractivity contribution in [3.05, 3.63) is 88.5 Å². The molecule has 0 aliphatic carbocycles. The Labute approximate surface area is 228 Å². The van der Waals surface area contributed by atoms with Gasteiger partial charge in [0.05, 0.1) is 35.6 Å². The highest BCUT2D eigenvalue weighted by Gasteiger charge is 2.34. The molecule has 4 heterocycles. The van der Waals surface area contributed by atoms with Crippen molar-refractivity contribution in [1.29, 1.82) is 0 Å². The molecule has 5 rings (SSSR count). The number of nitrogens with two attached hydrogens (primary N) is 1. The van der Waals surface area contributed by atoms with E-state index in [1.165, 1.54) is 18.3 Å². The number of carbonyl (C=O) groups excluding carboxylic acids is 1. The van der Waals surface area contributed by atoms with Crippen LogP contribution >= 0.6 is 0 Å². The number of ether oxygens (including phenoxy) is 1. The lowest BCUT2D eigenvalue weighted by atomic mass is 10.0. The first-order valence-electron chi connectivity index (χ1n) is 12.5. The van der Waals surface area contributed by atoms with E-state index in [2.05, 4.69) is 32.1 Å². The van der Waals surface area contributed by atoms with Crippen molar-refractivity contribution in [2.45, 2.75) is 19.6 Å². The summed E-state index contributed by atoms with van der Waals surface area (Å²) in [6, 6.07) is 8.98. The van der Waals surface area contributed by atoms with E-state index < -0.39 is 17.6 Å². The second-order valence-electron chi connectivity index (χ2n) is 9.28. The van der Waals surface area contributed by atoms with E-state index >= 15 is 0 Å². The average molecular weight is 547 g/mol. The predicted molar refractivity (Wildman–Crippen MR) is 144 cm³/mol. The van der Waals surface area contributed by atoms with E-state index in [4.69, 9.17) is 10.5 Å². The molecule has 1 aromatic carbocycles. The monoisotopic (exact) mass is 546 g/mol. The van der Waals surface area contributed by atoms with Gasteiger partial charge in [0.1, 0.15) is 11.3 Å². The van der Waals surface area contributed by atoms with Crippen LogP contribution in [0.4, 0.5) is 24.7 Å². The molecule has 1 fully saturated rings. The number of hydrogen-bond donors (Lipinski definition) is 2. The Morgan fingerprint density at radius 3 is 2.62 bits per heavy atom. The lowest BCUT2D eigenvalue weighted by Crippen LogP contribution is -2.36. The number of morpholine rings is 1. The van der Waals surface area contributed by atoms with E-state index in [0.717, 1.165) is 11.5 Å². The number of amides is 1. The summed E-state index contributed by atoms with van der Waals surface area (Å²) in [6.07, 6.45) is -0.0553. The zero-order valence-corrected chi connectivity index (χ0v) is 21.5. The lowest BCUT2D eigenvalue weighted by molar-refractivity contribution is -0.138. The molecule has 3 aromatic heterocycles. The number of aryl methyl sites for hydroxylation is 1. The molecule has 0 unspecified atom stereocenters. The molecule has 204 valence electrons. The fraction of sp³-hybridized carbons (Fsp3) is 0.241. The third-order valence-electron chi connectivity index (χ3n) is 6.52. The van der Waals surface area contributed by atoms with E-state index in [1.807, 2.05) is 11.0 Å². The van der Waals surface area contributed by atoms with E-state index in [1.54, 1.807) is 31.5 Å². The zero-order valence-electron chi connectivity index (χ0n) is 21.5. The van der Waals surface area contributed by atoms with Gasteiger partial charge < -0.3 is 15.8 Å². The van der Waals surface area contributed by atoms with Crippen LogP contribution in [0.2, 0.25) is 0 Å². The third kappa shape index (κ3) is 6.03. The summed E-state index contributed by atoms with van der Waals surface area (Å²) in [6.45, 7) is 3.97. The molecule has 1 aliphatic heterocycles. The van der Waals surface area contributed by atoms with Crippen LogP contribution in [0.3, 0.4) is 0 Å². The number of anilines is 2. The number of nitrogens with one attached hydrogen (secondary N) is 1. The van der Waals surface area contributed by atoms with Gasteiger partial charge in [-0.05, 0) is 42.8 Å². The van der Waals surface area contributed by atoms with Crippen molar-refractivity contribution in [1.82, 2.24) is 19.9 Å². The van der Waals surface area contributed by atoms with Gasteiger partial charge in [-0.1, -0.05) is 17.9 Å². The molecule has 0 radical (unpaired) electrons. The number of fused-ring (bicyclic) bond motifs is 1. The minimum atomic E-state index is -4.58. The van der Waals surface area contributed by atoms with Crippen LogP contribution in [0.15, 0.2) is 55.0 Å². The second-order valence-corrected chi connectivity index (χ2v) is 9.28. The van der Waals surface area contributed by atoms with Gasteiger partial charge >= 0.3 is 6.18 Å². The molecule has 1 saturated heterocycles. The maximum atomic E-state index is 13.9. The van der Waals surface area contributed by atoms with Crippen LogP contribution < -0.4 is 11.1 Å². The highest BCUT2D eigenvalue weighted by molar-refractivity contribution is 6.04. The first-order valence-corrected chi connectivity index (χ1v) is 12.5. The van der Waals surface area contributed by atoms with Crippen LogP contribution in [0.5, 0.6) is 0 Å². The van der Waals surface area contributed by atoms with Crippen LogP contribution in [-0.2, 0) is 17.5 Å². The summed E-state index contributed by atoms with van der Waals surface area (Å²) in [7, 11) is 0. The van der Waals surface area contributed by atoms with Crippen molar-refractivity contribution in [2.24, 2.45) is 0 Å². The van der Waals surface area contributed by atoms with Gasteiger partial charge in [-0.15, -0.1) is 0 Å². The van der Waals surface area contributed by atoms with Gasteiger partial charge in [0.15, 0.2) is 0 Å². The van der Waals surface area contributed by atoms with Gasteiger partial charge in [-0.2, -0.15) is 13.2 Å². The Morgan fingerprint density at radius 1 is 1.07 bits per heavy atom. The van der Waals surface area contributed by atoms with E-state index in [9.17, 15) is 18.0 Å². The standard InChI is InChI=1S/C29H25F3N6O2/c1-18-19(4-5-20-15-36-27(33)26-24(20)3-2-8-34-26)13-22(16-35-18)28(39)37-23-7-6-21(25(14-23)29(30,31)32)17-38-9-11-40-12-10-38/h2-3,6-8,13-16H,9-12,17H2,1H3,(H2,33,36)(H,37,39). The van der Waals surface area contributed by atoms with Crippen molar-refractivity contribution >= 4 is 28.3 Å². The Hall–Kier alpha value is -4.53. The molecule has 1 amide bonds. The Kier molecular flexibility index (Phi) is 7.64. The molecule has 1 aliphatic rings. The first kappa shape index (κ1) is 27.1. The fourth-order valence-corrected chi connectivity index (χ4v) is 4.37. The summed E-state index contributed by atoms with van der Waals surface area (Å²) < 4.78 is 46.9. The Bertz CT molecular complexity index is 1640. The summed E-state index contributed by atoms with van der Waals surface area (Å²) in [5, 5.41) is 3.30. The highest BCUT2D eigenvalue weighted by Crippen LogP contribution is 2.34. The number of benzene rings is 1. The van der Waals surface area contributed by atoms with Crippen LogP contribution in [-0.4, -0.2) is 52.1 Å². The zero-order chi connectivity index (χ0) is 28.3. The molecule has 11 heteroatoms. The number of hydrogen-bond acceptors (Lipinski definition) is 7. The van der Waals surface area contributed by atoms with Gasteiger partial charge in [0, 0.05) is 54.9 Å². The molecule has 0 atom stereocenters. The number of pyridine rings is 3. The molecule has 40 heavy (non-hydrogen) atoms. The molecule has 3 N–H and O–H groups in total. The SMILES string of the molecule is Cc1ncc(C(=O)Nc2ccc(CN3CCOCC3)c(C(F)(F)F)c2)cc1C#Cc1cnc(N)c2ncccc12. The van der Waals surface area contributed by atoms with E-state index in [0.29, 0.717) is 54.5 Å². The molecule has 8 nitrogen and oxygen atoms in total. The number of rotatable bonds is 4. The lowest BCUT2D eigenvalue weighted by Gasteiger charge is -2.27. The second kappa shape index (κ2) is 11.3. The number of nitrogens with zero attached hydrogens (tertiary/aromatic N) is 4. The van der Waals surface area contributed by atoms with Crippen molar-refractivity contribution in [3.8, 4) is 11.8 Å². The van der Waals surface area contributed by atoms with Crippen LogP contribution in [0.1, 0.15) is 38.3 Å². The van der Waals surface area contributed by atoms with Gasteiger partial charge in [-0.3, -0.25) is 19.7 Å².